The van der Waals surface area contributed by atoms with Gasteiger partial charge in [0.15, 0.2) is 11.6 Å². The Morgan fingerprint density at radius 3 is 2.17 bits per heavy atom. The standard InChI is InChI=1S/C21H32O3/c1-3-5-7-8-9-11-16-20(23)18-14-12-13-17(21(18)24)19(22)15-10-6-4-2/h12-14,18H,3-11,15-16H2,1-2H3. The van der Waals surface area contributed by atoms with Crippen LogP contribution in [0, 0.1) is 5.92 Å². The van der Waals surface area contributed by atoms with E-state index in [0.29, 0.717) is 12.8 Å². The lowest BCUT2D eigenvalue weighted by Crippen LogP contribution is -2.28. The molecule has 1 aliphatic carbocycles. The third-order valence-corrected chi connectivity index (χ3v) is 4.55. The predicted molar refractivity (Wildman–Crippen MR) is 97.9 cm³/mol. The van der Waals surface area contributed by atoms with Crippen molar-refractivity contribution < 1.29 is 14.4 Å². The zero-order chi connectivity index (χ0) is 17.8. The van der Waals surface area contributed by atoms with E-state index >= 15 is 0 Å². The molecule has 1 unspecified atom stereocenters. The summed E-state index contributed by atoms with van der Waals surface area (Å²) >= 11 is 0. The van der Waals surface area contributed by atoms with Gasteiger partial charge in [0.05, 0.1) is 11.5 Å². The van der Waals surface area contributed by atoms with Gasteiger partial charge in [0.1, 0.15) is 5.78 Å². The lowest BCUT2D eigenvalue weighted by molar-refractivity contribution is -0.130. The van der Waals surface area contributed by atoms with E-state index in [0.717, 1.165) is 38.5 Å². The van der Waals surface area contributed by atoms with Crippen LogP contribution >= 0.6 is 0 Å². The average molecular weight is 332 g/mol. The van der Waals surface area contributed by atoms with Crippen LogP contribution in [0.2, 0.25) is 0 Å². The summed E-state index contributed by atoms with van der Waals surface area (Å²) in [5, 5.41) is 0. The summed E-state index contributed by atoms with van der Waals surface area (Å²) in [5.74, 6) is -1.19. The Morgan fingerprint density at radius 1 is 0.875 bits per heavy atom. The molecule has 0 aromatic rings. The highest BCUT2D eigenvalue weighted by molar-refractivity contribution is 6.26. The quantitative estimate of drug-likeness (QED) is 0.267. The van der Waals surface area contributed by atoms with Crippen LogP contribution in [-0.4, -0.2) is 17.3 Å². The highest BCUT2D eigenvalue weighted by Gasteiger charge is 2.30. The Morgan fingerprint density at radius 2 is 1.46 bits per heavy atom. The highest BCUT2D eigenvalue weighted by atomic mass is 16.2. The van der Waals surface area contributed by atoms with Gasteiger partial charge in [0.2, 0.25) is 0 Å². The molecule has 0 N–H and O–H groups in total. The lowest BCUT2D eigenvalue weighted by Gasteiger charge is -2.15. The number of carbonyl (C=O) groups excluding carboxylic acids is 3. The van der Waals surface area contributed by atoms with Gasteiger partial charge >= 0.3 is 0 Å². The molecule has 3 nitrogen and oxygen atoms in total. The Labute approximate surface area is 146 Å². The second-order valence-electron chi connectivity index (χ2n) is 6.67. The van der Waals surface area contributed by atoms with E-state index in [4.69, 9.17) is 0 Å². The van der Waals surface area contributed by atoms with Crippen LogP contribution in [0.3, 0.4) is 0 Å². The summed E-state index contributed by atoms with van der Waals surface area (Å²) in [5.41, 5.74) is 0.217. The van der Waals surface area contributed by atoms with Crippen molar-refractivity contribution in [2.45, 2.75) is 84.5 Å². The summed E-state index contributed by atoms with van der Waals surface area (Å²) in [6.07, 6.45) is 15.3. The largest absolute Gasteiger partial charge is 0.299 e. The fourth-order valence-electron chi connectivity index (χ4n) is 2.99. The number of rotatable bonds is 13. The first-order valence-corrected chi connectivity index (χ1v) is 9.60. The number of hydrogen-bond acceptors (Lipinski definition) is 3. The lowest BCUT2D eigenvalue weighted by atomic mass is 9.85. The van der Waals surface area contributed by atoms with Crippen LogP contribution in [0.4, 0.5) is 0 Å². The minimum atomic E-state index is -0.740. The third-order valence-electron chi connectivity index (χ3n) is 4.55. The monoisotopic (exact) mass is 332 g/mol. The SMILES string of the molecule is CCCCCCCCC(=O)C1C=CC=C(C(=O)CCCCC)C1=O. The highest BCUT2D eigenvalue weighted by Crippen LogP contribution is 2.21. The van der Waals surface area contributed by atoms with Crippen molar-refractivity contribution >= 4 is 17.3 Å². The number of unbranched alkanes of at least 4 members (excludes halogenated alkanes) is 7. The summed E-state index contributed by atoms with van der Waals surface area (Å²) < 4.78 is 0. The van der Waals surface area contributed by atoms with Crippen molar-refractivity contribution in [2.24, 2.45) is 5.92 Å². The molecule has 0 bridgehead atoms. The van der Waals surface area contributed by atoms with Gasteiger partial charge in [-0.15, -0.1) is 0 Å². The van der Waals surface area contributed by atoms with Crippen LogP contribution in [0.15, 0.2) is 23.8 Å². The van der Waals surface area contributed by atoms with Gasteiger partial charge in [-0.25, -0.2) is 0 Å². The Bertz CT molecular complexity index is 485. The van der Waals surface area contributed by atoms with Crippen LogP contribution in [-0.2, 0) is 14.4 Å². The molecule has 0 aliphatic heterocycles. The van der Waals surface area contributed by atoms with Gasteiger partial charge in [-0.2, -0.15) is 0 Å². The van der Waals surface area contributed by atoms with Crippen LogP contribution in [0.5, 0.6) is 0 Å². The Balaban J connectivity index is 2.43. The topological polar surface area (TPSA) is 51.2 Å². The first-order valence-electron chi connectivity index (χ1n) is 9.60. The van der Waals surface area contributed by atoms with E-state index in [1.54, 1.807) is 18.2 Å². The van der Waals surface area contributed by atoms with E-state index in [1.807, 2.05) is 0 Å². The molecule has 134 valence electrons. The summed E-state index contributed by atoms with van der Waals surface area (Å²) in [4.78, 5) is 36.9. The van der Waals surface area contributed by atoms with E-state index in [-0.39, 0.29) is 22.9 Å². The summed E-state index contributed by atoms with van der Waals surface area (Å²) in [6, 6.07) is 0. The van der Waals surface area contributed by atoms with E-state index in [9.17, 15) is 14.4 Å². The Kier molecular flexibility index (Phi) is 10.2. The van der Waals surface area contributed by atoms with Crippen molar-refractivity contribution in [3.63, 3.8) is 0 Å². The fourth-order valence-corrected chi connectivity index (χ4v) is 2.99. The second-order valence-corrected chi connectivity index (χ2v) is 6.67. The van der Waals surface area contributed by atoms with Crippen molar-refractivity contribution in [3.05, 3.63) is 23.8 Å². The molecule has 0 saturated heterocycles. The number of ketones is 3. The molecule has 0 aromatic heterocycles. The third kappa shape index (κ3) is 6.94. The number of Topliss-reactive ketones (excluding diaryl/α,β-unsaturated/α-hetero) is 3. The van der Waals surface area contributed by atoms with Gasteiger partial charge < -0.3 is 0 Å². The van der Waals surface area contributed by atoms with E-state index < -0.39 is 5.92 Å². The molecule has 3 heteroatoms. The molecule has 1 aliphatic rings. The molecule has 0 amide bonds. The molecule has 0 heterocycles. The van der Waals surface area contributed by atoms with Gasteiger partial charge in [0, 0.05) is 12.8 Å². The fraction of sp³-hybridized carbons (Fsp3) is 0.667. The number of allylic oxidation sites excluding steroid dienone is 4. The zero-order valence-electron chi connectivity index (χ0n) is 15.3. The normalized spacial score (nSPS) is 17.0. The average Bonchev–Trinajstić information content (AvgIpc) is 2.58. The maximum absolute atomic E-state index is 12.5. The van der Waals surface area contributed by atoms with Crippen LogP contribution < -0.4 is 0 Å². The summed E-state index contributed by atoms with van der Waals surface area (Å²) in [7, 11) is 0. The van der Waals surface area contributed by atoms with Crippen molar-refractivity contribution in [1.29, 1.82) is 0 Å². The molecule has 1 rings (SSSR count). The van der Waals surface area contributed by atoms with Crippen molar-refractivity contribution in [3.8, 4) is 0 Å². The van der Waals surface area contributed by atoms with Gasteiger partial charge in [-0.1, -0.05) is 70.9 Å². The minimum Gasteiger partial charge on any atom is -0.299 e. The maximum atomic E-state index is 12.5. The smallest absolute Gasteiger partial charge is 0.180 e. The minimum absolute atomic E-state index is 0.0429. The van der Waals surface area contributed by atoms with Gasteiger partial charge in [-0.3, -0.25) is 14.4 Å². The molecule has 1 atom stereocenters. The molecule has 24 heavy (non-hydrogen) atoms. The first-order chi connectivity index (χ1) is 11.6. The van der Waals surface area contributed by atoms with Crippen LogP contribution in [0.25, 0.3) is 0 Å². The molecule has 0 spiro atoms. The number of hydrogen-bond donors (Lipinski definition) is 0. The molecular weight excluding hydrogens is 300 g/mol. The van der Waals surface area contributed by atoms with Crippen molar-refractivity contribution in [1.82, 2.24) is 0 Å². The number of carbonyl (C=O) groups is 3. The van der Waals surface area contributed by atoms with Gasteiger partial charge in [-0.05, 0) is 18.9 Å². The first kappa shape index (κ1) is 20.5. The zero-order valence-corrected chi connectivity index (χ0v) is 15.3. The van der Waals surface area contributed by atoms with Gasteiger partial charge in [0.25, 0.3) is 0 Å². The van der Waals surface area contributed by atoms with E-state index in [1.165, 1.54) is 19.3 Å². The molecule has 0 radical (unpaired) electrons. The molecule has 0 aromatic carbocycles. The van der Waals surface area contributed by atoms with E-state index in [2.05, 4.69) is 13.8 Å². The second kappa shape index (κ2) is 11.9. The van der Waals surface area contributed by atoms with Crippen LogP contribution in [0.1, 0.15) is 84.5 Å². The maximum Gasteiger partial charge on any atom is 0.180 e. The predicted octanol–water partition coefficient (Wildman–Crippen LogP) is 5.14. The summed E-state index contributed by atoms with van der Waals surface area (Å²) in [6.45, 7) is 4.26. The molecule has 0 saturated carbocycles. The molecule has 0 fully saturated rings. The molecular formula is C21H32O3. The van der Waals surface area contributed by atoms with Crippen molar-refractivity contribution in [2.75, 3.05) is 0 Å². The Hall–Kier alpha value is -1.51.